The average Bonchev–Trinajstić information content (AvgIpc) is 2.48. The smallest absolute Gasteiger partial charge is 0.163 e. The summed E-state index contributed by atoms with van der Waals surface area (Å²) in [5.74, 6) is 1.16. The van der Waals surface area contributed by atoms with Gasteiger partial charge < -0.3 is 4.74 Å². The first-order valence-corrected chi connectivity index (χ1v) is 7.18. The van der Waals surface area contributed by atoms with Gasteiger partial charge in [0.1, 0.15) is 5.75 Å². The van der Waals surface area contributed by atoms with Crippen LogP contribution in [-0.2, 0) is 6.42 Å². The molecule has 0 saturated carbocycles. The maximum atomic E-state index is 12.0. The van der Waals surface area contributed by atoms with Gasteiger partial charge in [-0.1, -0.05) is 36.4 Å². The van der Waals surface area contributed by atoms with Crippen molar-refractivity contribution in [2.75, 3.05) is 6.61 Å². The highest BCUT2D eigenvalue weighted by molar-refractivity contribution is 6.00. The summed E-state index contributed by atoms with van der Waals surface area (Å²) in [6, 6.07) is 14.1. The van der Waals surface area contributed by atoms with Crippen LogP contribution in [0.25, 0.3) is 11.1 Å². The molecule has 0 N–H and O–H groups in total. The molecule has 3 rings (SSSR count). The van der Waals surface area contributed by atoms with Crippen molar-refractivity contribution in [1.29, 1.82) is 0 Å². The zero-order valence-electron chi connectivity index (χ0n) is 11.7. The second-order valence-electron chi connectivity index (χ2n) is 5.04. The summed E-state index contributed by atoms with van der Waals surface area (Å²) in [4.78, 5) is 12.0. The normalized spacial score (nSPS) is 13.9. The summed E-state index contributed by atoms with van der Waals surface area (Å²) in [6.07, 6.45) is 2.58. The molecule has 0 heterocycles. The third-order valence-electron chi connectivity index (χ3n) is 3.78. The number of ether oxygens (including phenoxy) is 1. The molecule has 0 bridgehead atoms. The van der Waals surface area contributed by atoms with Crippen LogP contribution in [0.5, 0.6) is 5.75 Å². The molecule has 0 amide bonds. The summed E-state index contributed by atoms with van der Waals surface area (Å²) in [5, 5.41) is 0. The fourth-order valence-electron chi connectivity index (χ4n) is 2.90. The molecule has 20 heavy (non-hydrogen) atoms. The highest BCUT2D eigenvalue weighted by Gasteiger charge is 2.21. The molecule has 0 fully saturated rings. The standard InChI is InChI=1S/C18H18O2/c1-2-20-18-12-4-3-7-16(18)14-8-5-10-15-13(14)9-6-11-17(15)19/h3-5,7-8,10,12H,2,6,9,11H2,1H3. The highest BCUT2D eigenvalue weighted by atomic mass is 16.5. The first-order valence-electron chi connectivity index (χ1n) is 7.18. The Morgan fingerprint density at radius 1 is 0.950 bits per heavy atom. The molecule has 102 valence electrons. The van der Waals surface area contributed by atoms with E-state index >= 15 is 0 Å². The minimum Gasteiger partial charge on any atom is -0.493 e. The van der Waals surface area contributed by atoms with E-state index < -0.39 is 0 Å². The first kappa shape index (κ1) is 12.9. The molecule has 0 unspecified atom stereocenters. The van der Waals surface area contributed by atoms with Crippen molar-refractivity contribution in [3.05, 3.63) is 53.6 Å². The molecule has 0 radical (unpaired) electrons. The van der Waals surface area contributed by atoms with Crippen LogP contribution in [0.4, 0.5) is 0 Å². The van der Waals surface area contributed by atoms with Crippen LogP contribution in [0.15, 0.2) is 42.5 Å². The Bertz CT molecular complexity index is 644. The van der Waals surface area contributed by atoms with Crippen molar-refractivity contribution >= 4 is 5.78 Å². The third-order valence-corrected chi connectivity index (χ3v) is 3.78. The maximum Gasteiger partial charge on any atom is 0.163 e. The van der Waals surface area contributed by atoms with Gasteiger partial charge in [-0.05, 0) is 37.0 Å². The molecule has 2 nitrogen and oxygen atoms in total. The molecular formula is C18H18O2. The van der Waals surface area contributed by atoms with E-state index in [0.29, 0.717) is 13.0 Å². The van der Waals surface area contributed by atoms with E-state index in [1.807, 2.05) is 37.3 Å². The zero-order chi connectivity index (χ0) is 13.9. The minimum absolute atomic E-state index is 0.266. The monoisotopic (exact) mass is 266 g/mol. The van der Waals surface area contributed by atoms with E-state index in [9.17, 15) is 4.79 Å². The topological polar surface area (TPSA) is 26.3 Å². The lowest BCUT2D eigenvalue weighted by atomic mass is 9.85. The summed E-state index contributed by atoms with van der Waals surface area (Å²) < 4.78 is 5.72. The van der Waals surface area contributed by atoms with Crippen molar-refractivity contribution in [1.82, 2.24) is 0 Å². The van der Waals surface area contributed by atoms with E-state index in [1.165, 1.54) is 5.56 Å². The second kappa shape index (κ2) is 5.49. The molecule has 2 aromatic rings. The van der Waals surface area contributed by atoms with Crippen LogP contribution in [0.2, 0.25) is 0 Å². The lowest BCUT2D eigenvalue weighted by molar-refractivity contribution is 0.0972. The quantitative estimate of drug-likeness (QED) is 0.829. The lowest BCUT2D eigenvalue weighted by Crippen LogP contribution is -2.11. The van der Waals surface area contributed by atoms with E-state index in [2.05, 4.69) is 12.1 Å². The Labute approximate surface area is 119 Å². The molecule has 0 saturated heterocycles. The fraction of sp³-hybridized carbons (Fsp3) is 0.278. The van der Waals surface area contributed by atoms with Crippen LogP contribution >= 0.6 is 0 Å². The van der Waals surface area contributed by atoms with Crippen LogP contribution in [-0.4, -0.2) is 12.4 Å². The average molecular weight is 266 g/mol. The molecule has 0 aromatic heterocycles. The number of Topliss-reactive ketones (excluding diaryl/α,β-unsaturated/α-hetero) is 1. The molecule has 2 heteroatoms. The molecular weight excluding hydrogens is 248 g/mol. The Morgan fingerprint density at radius 2 is 1.70 bits per heavy atom. The number of hydrogen-bond donors (Lipinski definition) is 0. The van der Waals surface area contributed by atoms with Crippen molar-refractivity contribution in [3.8, 4) is 16.9 Å². The van der Waals surface area contributed by atoms with Crippen LogP contribution in [0.1, 0.15) is 35.7 Å². The molecule has 1 aliphatic rings. The zero-order valence-corrected chi connectivity index (χ0v) is 11.7. The van der Waals surface area contributed by atoms with Crippen molar-refractivity contribution in [2.24, 2.45) is 0 Å². The number of benzene rings is 2. The van der Waals surface area contributed by atoms with Crippen LogP contribution < -0.4 is 4.74 Å². The van der Waals surface area contributed by atoms with E-state index in [4.69, 9.17) is 4.74 Å². The predicted molar refractivity (Wildman–Crippen MR) is 80.3 cm³/mol. The molecule has 2 aromatic carbocycles. The van der Waals surface area contributed by atoms with Crippen LogP contribution in [0, 0.1) is 0 Å². The predicted octanol–water partition coefficient (Wildman–Crippen LogP) is 4.27. The van der Waals surface area contributed by atoms with Gasteiger partial charge in [-0.2, -0.15) is 0 Å². The summed E-state index contributed by atoms with van der Waals surface area (Å²) >= 11 is 0. The molecule has 0 atom stereocenters. The van der Waals surface area contributed by atoms with Gasteiger partial charge in [0.15, 0.2) is 5.78 Å². The van der Waals surface area contributed by atoms with Gasteiger partial charge in [-0.25, -0.2) is 0 Å². The van der Waals surface area contributed by atoms with Gasteiger partial charge >= 0.3 is 0 Å². The number of fused-ring (bicyclic) bond motifs is 1. The highest BCUT2D eigenvalue weighted by Crippen LogP contribution is 2.36. The van der Waals surface area contributed by atoms with Crippen molar-refractivity contribution < 1.29 is 9.53 Å². The fourth-order valence-corrected chi connectivity index (χ4v) is 2.90. The maximum absolute atomic E-state index is 12.0. The third kappa shape index (κ3) is 2.22. The van der Waals surface area contributed by atoms with Gasteiger partial charge in [0.25, 0.3) is 0 Å². The van der Waals surface area contributed by atoms with Crippen molar-refractivity contribution in [2.45, 2.75) is 26.2 Å². The van der Waals surface area contributed by atoms with Crippen LogP contribution in [0.3, 0.4) is 0 Å². The summed E-state index contributed by atoms with van der Waals surface area (Å²) in [6.45, 7) is 2.63. The largest absolute Gasteiger partial charge is 0.493 e. The summed E-state index contributed by atoms with van der Waals surface area (Å²) in [7, 11) is 0. The Balaban J connectivity index is 2.16. The molecule has 0 spiro atoms. The SMILES string of the molecule is CCOc1ccccc1-c1cccc2c1CCCC2=O. The van der Waals surface area contributed by atoms with Gasteiger partial charge in [0.2, 0.25) is 0 Å². The van der Waals surface area contributed by atoms with Gasteiger partial charge in [0, 0.05) is 17.5 Å². The van der Waals surface area contributed by atoms with Gasteiger partial charge in [-0.15, -0.1) is 0 Å². The van der Waals surface area contributed by atoms with Gasteiger partial charge in [-0.3, -0.25) is 4.79 Å². The van der Waals surface area contributed by atoms with E-state index in [0.717, 1.165) is 35.3 Å². The number of ketones is 1. The Morgan fingerprint density at radius 3 is 2.55 bits per heavy atom. The lowest BCUT2D eigenvalue weighted by Gasteiger charge is -2.20. The minimum atomic E-state index is 0.266. The van der Waals surface area contributed by atoms with Crippen molar-refractivity contribution in [3.63, 3.8) is 0 Å². The Hall–Kier alpha value is -2.09. The molecule has 1 aliphatic carbocycles. The summed E-state index contributed by atoms with van der Waals surface area (Å²) in [5.41, 5.74) is 4.29. The number of carbonyl (C=O) groups excluding carboxylic acids is 1. The van der Waals surface area contributed by atoms with E-state index in [1.54, 1.807) is 0 Å². The molecule has 0 aliphatic heterocycles. The number of rotatable bonds is 3. The van der Waals surface area contributed by atoms with Gasteiger partial charge in [0.05, 0.1) is 6.61 Å². The second-order valence-corrected chi connectivity index (χ2v) is 5.04. The first-order chi connectivity index (χ1) is 9.81. The number of para-hydroxylation sites is 1. The van der Waals surface area contributed by atoms with E-state index in [-0.39, 0.29) is 5.78 Å². The number of hydrogen-bond acceptors (Lipinski definition) is 2. The Kier molecular flexibility index (Phi) is 3.55. The number of carbonyl (C=O) groups is 1.